The van der Waals surface area contributed by atoms with Gasteiger partial charge in [0.1, 0.15) is 0 Å². The minimum absolute atomic E-state index is 0.118. The second kappa shape index (κ2) is 5.61. The van der Waals surface area contributed by atoms with Crippen molar-refractivity contribution in [3.63, 3.8) is 0 Å². The summed E-state index contributed by atoms with van der Waals surface area (Å²) in [5, 5.41) is 10.9. The highest BCUT2D eigenvalue weighted by Gasteiger charge is 2.34. The highest BCUT2D eigenvalue weighted by atomic mass is 16.6. The van der Waals surface area contributed by atoms with Crippen LogP contribution in [0.1, 0.15) is 24.8 Å². The first-order valence-corrected chi connectivity index (χ1v) is 7.51. The SMILES string of the molecule is CN1C2CCC1CN(Cc1cc([N+](=O)[O-])ccc1N)CC2. The maximum absolute atomic E-state index is 10.9. The summed E-state index contributed by atoms with van der Waals surface area (Å²) in [6.07, 6.45) is 3.72. The third kappa shape index (κ3) is 2.87. The van der Waals surface area contributed by atoms with Crippen molar-refractivity contribution >= 4 is 11.4 Å². The van der Waals surface area contributed by atoms with Gasteiger partial charge < -0.3 is 5.73 Å². The molecule has 0 saturated carbocycles. The largest absolute Gasteiger partial charge is 0.398 e. The summed E-state index contributed by atoms with van der Waals surface area (Å²) in [6.45, 7) is 2.76. The van der Waals surface area contributed by atoms with Crippen molar-refractivity contribution in [1.29, 1.82) is 0 Å². The van der Waals surface area contributed by atoms with E-state index in [1.807, 2.05) is 0 Å². The van der Waals surface area contributed by atoms with E-state index < -0.39 is 0 Å². The Bertz CT molecular complexity index is 548. The predicted molar refractivity (Wildman–Crippen MR) is 82.0 cm³/mol. The van der Waals surface area contributed by atoms with Crippen LogP contribution in [0.2, 0.25) is 0 Å². The second-order valence-corrected chi connectivity index (χ2v) is 6.21. The molecular weight excluding hydrogens is 268 g/mol. The van der Waals surface area contributed by atoms with E-state index in [9.17, 15) is 10.1 Å². The molecule has 2 N–H and O–H groups in total. The van der Waals surface area contributed by atoms with Crippen LogP contribution in [0.5, 0.6) is 0 Å². The van der Waals surface area contributed by atoms with Crippen molar-refractivity contribution in [1.82, 2.24) is 9.80 Å². The van der Waals surface area contributed by atoms with Gasteiger partial charge in [0.25, 0.3) is 5.69 Å². The number of fused-ring (bicyclic) bond motifs is 2. The number of rotatable bonds is 3. The van der Waals surface area contributed by atoms with Crippen molar-refractivity contribution in [2.45, 2.75) is 37.9 Å². The van der Waals surface area contributed by atoms with Gasteiger partial charge >= 0.3 is 0 Å². The van der Waals surface area contributed by atoms with Crippen LogP contribution in [0.3, 0.4) is 0 Å². The molecule has 2 bridgehead atoms. The van der Waals surface area contributed by atoms with Gasteiger partial charge in [0.2, 0.25) is 0 Å². The van der Waals surface area contributed by atoms with E-state index in [1.54, 1.807) is 12.1 Å². The summed E-state index contributed by atoms with van der Waals surface area (Å²) in [4.78, 5) is 15.4. The monoisotopic (exact) mass is 290 g/mol. The molecule has 0 radical (unpaired) electrons. The zero-order valence-corrected chi connectivity index (χ0v) is 12.4. The molecule has 6 heteroatoms. The van der Waals surface area contributed by atoms with Gasteiger partial charge in [-0.15, -0.1) is 0 Å². The number of anilines is 1. The maximum Gasteiger partial charge on any atom is 0.269 e. The Morgan fingerprint density at radius 2 is 2.10 bits per heavy atom. The first-order valence-electron chi connectivity index (χ1n) is 7.51. The Morgan fingerprint density at radius 1 is 1.33 bits per heavy atom. The highest BCUT2D eigenvalue weighted by molar-refractivity contribution is 5.52. The zero-order chi connectivity index (χ0) is 15.0. The Labute approximate surface area is 124 Å². The molecule has 2 unspecified atom stereocenters. The van der Waals surface area contributed by atoms with E-state index >= 15 is 0 Å². The third-order valence-electron chi connectivity index (χ3n) is 4.96. The number of nitrogens with zero attached hydrogens (tertiary/aromatic N) is 3. The summed E-state index contributed by atoms with van der Waals surface area (Å²) < 4.78 is 0. The van der Waals surface area contributed by atoms with Crippen molar-refractivity contribution in [2.75, 3.05) is 25.9 Å². The molecule has 6 nitrogen and oxygen atoms in total. The molecule has 2 atom stereocenters. The number of benzene rings is 1. The molecule has 0 aliphatic carbocycles. The lowest BCUT2D eigenvalue weighted by molar-refractivity contribution is -0.384. The Hall–Kier alpha value is -1.66. The van der Waals surface area contributed by atoms with Crippen LogP contribution in [0.4, 0.5) is 11.4 Å². The van der Waals surface area contributed by atoms with Gasteiger partial charge in [-0.2, -0.15) is 0 Å². The van der Waals surface area contributed by atoms with Crippen LogP contribution in [-0.2, 0) is 6.54 Å². The summed E-state index contributed by atoms with van der Waals surface area (Å²) >= 11 is 0. The van der Waals surface area contributed by atoms with Crippen molar-refractivity contribution in [2.24, 2.45) is 0 Å². The van der Waals surface area contributed by atoms with Crippen LogP contribution in [0, 0.1) is 10.1 Å². The second-order valence-electron chi connectivity index (χ2n) is 6.21. The number of hydrogen-bond acceptors (Lipinski definition) is 5. The number of nitrogen functional groups attached to an aromatic ring is 1. The number of nitro benzene ring substituents is 1. The lowest BCUT2D eigenvalue weighted by Crippen LogP contribution is -2.36. The first-order chi connectivity index (χ1) is 10.0. The van der Waals surface area contributed by atoms with E-state index in [1.165, 1.54) is 25.3 Å². The van der Waals surface area contributed by atoms with Crippen LogP contribution in [0.25, 0.3) is 0 Å². The number of likely N-dealkylation sites (N-methyl/N-ethyl adjacent to an activating group) is 1. The highest BCUT2D eigenvalue weighted by Crippen LogP contribution is 2.30. The molecule has 1 aromatic carbocycles. The number of likely N-dealkylation sites (tertiary alicyclic amines) is 1. The Balaban J connectivity index is 1.74. The topological polar surface area (TPSA) is 75.6 Å². The lowest BCUT2D eigenvalue weighted by Gasteiger charge is -2.26. The average molecular weight is 290 g/mol. The van der Waals surface area contributed by atoms with Gasteiger partial charge in [0.15, 0.2) is 0 Å². The predicted octanol–water partition coefficient (Wildman–Crippen LogP) is 1.85. The van der Waals surface area contributed by atoms with Crippen LogP contribution < -0.4 is 5.73 Å². The standard InChI is InChI=1S/C15H22N4O2/c1-17-12-2-3-14(17)10-18(7-6-12)9-11-8-13(19(20)21)4-5-15(11)16/h4-5,8,12,14H,2-3,6-7,9-10,16H2,1H3. The van der Waals surface area contributed by atoms with E-state index in [4.69, 9.17) is 5.73 Å². The molecule has 0 amide bonds. The molecule has 2 aliphatic rings. The van der Waals surface area contributed by atoms with E-state index in [0.717, 1.165) is 18.7 Å². The molecule has 3 rings (SSSR count). The molecular formula is C15H22N4O2. The summed E-state index contributed by atoms with van der Waals surface area (Å²) in [5.74, 6) is 0. The molecule has 2 saturated heterocycles. The maximum atomic E-state index is 10.9. The van der Waals surface area contributed by atoms with E-state index in [0.29, 0.717) is 24.3 Å². The van der Waals surface area contributed by atoms with Gasteiger partial charge in [-0.25, -0.2) is 0 Å². The molecule has 2 fully saturated rings. The number of nitrogens with two attached hydrogens (primary N) is 1. The summed E-state index contributed by atoms with van der Waals surface area (Å²) in [7, 11) is 2.22. The number of non-ortho nitro benzene ring substituents is 1. The van der Waals surface area contributed by atoms with Crippen molar-refractivity contribution < 1.29 is 4.92 Å². The fraction of sp³-hybridized carbons (Fsp3) is 0.600. The lowest BCUT2D eigenvalue weighted by atomic mass is 10.1. The van der Waals surface area contributed by atoms with Crippen LogP contribution in [0.15, 0.2) is 18.2 Å². The fourth-order valence-electron chi connectivity index (χ4n) is 3.61. The van der Waals surface area contributed by atoms with Gasteiger partial charge in [0.05, 0.1) is 4.92 Å². The first kappa shape index (κ1) is 14.3. The van der Waals surface area contributed by atoms with Crippen molar-refractivity contribution in [3.8, 4) is 0 Å². The molecule has 2 heterocycles. The Kier molecular flexibility index (Phi) is 3.82. The minimum Gasteiger partial charge on any atom is -0.398 e. The third-order valence-corrected chi connectivity index (χ3v) is 4.96. The minimum atomic E-state index is -0.360. The summed E-state index contributed by atoms with van der Waals surface area (Å²) in [6, 6.07) is 6.03. The van der Waals surface area contributed by atoms with Gasteiger partial charge in [-0.05, 0) is 37.9 Å². The molecule has 2 aliphatic heterocycles. The van der Waals surface area contributed by atoms with Gasteiger partial charge in [-0.3, -0.25) is 19.9 Å². The smallest absolute Gasteiger partial charge is 0.269 e. The quantitative estimate of drug-likeness (QED) is 0.522. The molecule has 0 spiro atoms. The van der Waals surface area contributed by atoms with Crippen LogP contribution >= 0.6 is 0 Å². The summed E-state index contributed by atoms with van der Waals surface area (Å²) in [5.41, 5.74) is 7.61. The number of nitro groups is 1. The molecule has 21 heavy (non-hydrogen) atoms. The molecule has 114 valence electrons. The normalized spacial score (nSPS) is 26.7. The Morgan fingerprint density at radius 3 is 2.86 bits per heavy atom. The van der Waals surface area contributed by atoms with E-state index in [-0.39, 0.29) is 10.6 Å². The zero-order valence-electron chi connectivity index (χ0n) is 12.4. The van der Waals surface area contributed by atoms with E-state index in [2.05, 4.69) is 16.8 Å². The van der Waals surface area contributed by atoms with Crippen LogP contribution in [-0.4, -0.2) is 46.9 Å². The molecule has 1 aromatic rings. The van der Waals surface area contributed by atoms with Gasteiger partial charge in [-0.1, -0.05) is 0 Å². The molecule has 0 aromatic heterocycles. The van der Waals surface area contributed by atoms with Crippen molar-refractivity contribution in [3.05, 3.63) is 33.9 Å². The number of hydrogen-bond donors (Lipinski definition) is 1. The fourth-order valence-corrected chi connectivity index (χ4v) is 3.61. The average Bonchev–Trinajstić information content (AvgIpc) is 2.69. The van der Waals surface area contributed by atoms with Gasteiger partial charge in [0, 0.05) is 49.5 Å².